The summed E-state index contributed by atoms with van der Waals surface area (Å²) in [5, 5.41) is 4.01. The van der Waals surface area contributed by atoms with E-state index in [1.54, 1.807) is 36.4 Å². The summed E-state index contributed by atoms with van der Waals surface area (Å²) in [4.78, 5) is 12.5. The minimum atomic E-state index is -3.53. The van der Waals surface area contributed by atoms with Gasteiger partial charge in [0.2, 0.25) is 16.8 Å². The van der Waals surface area contributed by atoms with E-state index in [1.807, 2.05) is 31.2 Å². The molecule has 0 aliphatic carbocycles. The number of benzene rings is 3. The number of hydrazone groups is 1. The molecular weight excluding hydrogens is 522 g/mol. The number of hydrogen-bond acceptors (Lipinski definition) is 6. The molecule has 4 rings (SSSR count). The number of rotatable bonds is 7. The fourth-order valence-electron chi connectivity index (χ4n) is 3.38. The molecule has 176 valence electrons. The minimum Gasteiger partial charge on any atom is -0.454 e. The van der Waals surface area contributed by atoms with Crippen LogP contribution in [0.1, 0.15) is 27.0 Å². The van der Waals surface area contributed by atoms with E-state index in [9.17, 15) is 13.2 Å². The van der Waals surface area contributed by atoms with E-state index in [2.05, 4.69) is 26.5 Å². The molecule has 0 saturated carbocycles. The Balaban J connectivity index is 1.46. The first kappa shape index (κ1) is 23.8. The van der Waals surface area contributed by atoms with Gasteiger partial charge in [-0.1, -0.05) is 24.3 Å². The van der Waals surface area contributed by atoms with Crippen LogP contribution in [-0.4, -0.2) is 33.6 Å². The Morgan fingerprint density at radius 2 is 1.79 bits per heavy atom. The zero-order valence-electron chi connectivity index (χ0n) is 18.5. The molecule has 8 nitrogen and oxygen atoms in total. The summed E-state index contributed by atoms with van der Waals surface area (Å²) in [5.74, 6) is 0.816. The molecule has 0 spiro atoms. The third kappa shape index (κ3) is 5.40. The van der Waals surface area contributed by atoms with Crippen molar-refractivity contribution in [3.05, 3.63) is 87.4 Å². The summed E-state index contributed by atoms with van der Waals surface area (Å²) in [6.07, 6.45) is 2.65. The molecule has 34 heavy (non-hydrogen) atoms. The number of halogens is 1. The van der Waals surface area contributed by atoms with Crippen molar-refractivity contribution in [2.24, 2.45) is 5.10 Å². The van der Waals surface area contributed by atoms with Crippen LogP contribution in [0.5, 0.6) is 11.5 Å². The van der Waals surface area contributed by atoms with Gasteiger partial charge in [-0.15, -0.1) is 0 Å². The molecule has 1 aliphatic rings. The van der Waals surface area contributed by atoms with E-state index in [-0.39, 0.29) is 13.3 Å². The number of sulfonamides is 1. The van der Waals surface area contributed by atoms with Crippen molar-refractivity contribution in [2.75, 3.05) is 17.4 Å². The van der Waals surface area contributed by atoms with Gasteiger partial charge in [0.15, 0.2) is 11.5 Å². The number of hydrogen-bond donors (Lipinski definition) is 1. The third-order valence-electron chi connectivity index (χ3n) is 5.25. The van der Waals surface area contributed by atoms with Crippen LogP contribution < -0.4 is 19.2 Å². The first-order chi connectivity index (χ1) is 16.2. The van der Waals surface area contributed by atoms with Crippen molar-refractivity contribution >= 4 is 43.8 Å². The van der Waals surface area contributed by atoms with Gasteiger partial charge in [-0.05, 0) is 70.4 Å². The maximum atomic E-state index is 12.5. The lowest BCUT2D eigenvalue weighted by atomic mass is 10.1. The number of ether oxygens (including phenoxy) is 2. The van der Waals surface area contributed by atoms with Crippen LogP contribution in [-0.2, 0) is 16.6 Å². The molecule has 0 saturated heterocycles. The number of fused-ring (bicyclic) bond motifs is 1. The van der Waals surface area contributed by atoms with Crippen molar-refractivity contribution in [1.29, 1.82) is 0 Å². The van der Waals surface area contributed by atoms with Gasteiger partial charge in [-0.25, -0.2) is 13.8 Å². The standard InChI is InChI=1S/C24H22BrN3O5S/c1-16-5-3-4-6-18(16)14-28(34(2,30)31)20-9-7-17(8-10-20)24(29)27-26-13-19-11-22-23(12-21(19)25)33-15-32-22/h3-13H,14-15H2,1-2H3,(H,27,29)/b26-13-. The maximum absolute atomic E-state index is 12.5. The lowest BCUT2D eigenvalue weighted by Gasteiger charge is -2.23. The van der Waals surface area contributed by atoms with Gasteiger partial charge in [0.05, 0.1) is 24.7 Å². The molecule has 0 fully saturated rings. The molecule has 1 heterocycles. The van der Waals surface area contributed by atoms with Crippen LogP contribution in [0.2, 0.25) is 0 Å². The zero-order chi connectivity index (χ0) is 24.3. The lowest BCUT2D eigenvalue weighted by Crippen LogP contribution is -2.29. The summed E-state index contributed by atoms with van der Waals surface area (Å²) in [5.41, 5.74) is 5.89. The van der Waals surface area contributed by atoms with E-state index in [0.717, 1.165) is 21.9 Å². The summed E-state index contributed by atoms with van der Waals surface area (Å²) >= 11 is 3.43. The van der Waals surface area contributed by atoms with Gasteiger partial charge < -0.3 is 9.47 Å². The highest BCUT2D eigenvalue weighted by atomic mass is 79.9. The van der Waals surface area contributed by atoms with Crippen molar-refractivity contribution in [1.82, 2.24) is 5.43 Å². The van der Waals surface area contributed by atoms with E-state index in [4.69, 9.17) is 9.47 Å². The fourth-order valence-corrected chi connectivity index (χ4v) is 4.68. The summed E-state index contributed by atoms with van der Waals surface area (Å²) in [7, 11) is -3.53. The van der Waals surface area contributed by atoms with Gasteiger partial charge in [-0.3, -0.25) is 9.10 Å². The Labute approximate surface area is 206 Å². The molecule has 10 heteroatoms. The number of carbonyl (C=O) groups is 1. The second kappa shape index (κ2) is 9.86. The van der Waals surface area contributed by atoms with Gasteiger partial charge in [0, 0.05) is 15.6 Å². The molecular formula is C24H22BrN3O5S. The van der Waals surface area contributed by atoms with Gasteiger partial charge in [0.25, 0.3) is 5.91 Å². The van der Waals surface area contributed by atoms with Gasteiger partial charge in [-0.2, -0.15) is 5.10 Å². The summed E-state index contributed by atoms with van der Waals surface area (Å²) in [6, 6.07) is 17.5. The predicted molar refractivity (Wildman–Crippen MR) is 134 cm³/mol. The highest BCUT2D eigenvalue weighted by Gasteiger charge is 2.19. The highest BCUT2D eigenvalue weighted by Crippen LogP contribution is 2.36. The first-order valence-electron chi connectivity index (χ1n) is 10.3. The van der Waals surface area contributed by atoms with Crippen molar-refractivity contribution in [2.45, 2.75) is 13.5 Å². The molecule has 0 bridgehead atoms. The van der Waals surface area contributed by atoms with Crippen LogP contribution >= 0.6 is 15.9 Å². The van der Waals surface area contributed by atoms with Crippen LogP contribution in [0, 0.1) is 6.92 Å². The molecule has 1 amide bonds. The summed E-state index contributed by atoms with van der Waals surface area (Å²) < 4.78 is 37.6. The lowest BCUT2D eigenvalue weighted by molar-refractivity contribution is 0.0955. The fraction of sp³-hybridized carbons (Fsp3) is 0.167. The molecule has 0 unspecified atom stereocenters. The van der Waals surface area contributed by atoms with E-state index >= 15 is 0 Å². The first-order valence-corrected chi connectivity index (χ1v) is 12.9. The Morgan fingerprint density at radius 1 is 1.12 bits per heavy atom. The third-order valence-corrected chi connectivity index (χ3v) is 7.08. The molecule has 0 atom stereocenters. The smallest absolute Gasteiger partial charge is 0.271 e. The molecule has 0 aromatic heterocycles. The monoisotopic (exact) mass is 543 g/mol. The number of nitrogens with zero attached hydrogens (tertiary/aromatic N) is 2. The molecule has 1 N–H and O–H groups in total. The van der Waals surface area contributed by atoms with Crippen LogP contribution in [0.15, 0.2) is 70.2 Å². The number of aryl methyl sites for hydroxylation is 1. The van der Waals surface area contributed by atoms with E-state index in [1.165, 1.54) is 10.5 Å². The SMILES string of the molecule is Cc1ccccc1CN(c1ccc(C(=O)N/N=C\c2cc3c(cc2Br)OCO3)cc1)S(C)(=O)=O. The number of anilines is 1. The Morgan fingerprint density at radius 3 is 2.47 bits per heavy atom. The molecule has 0 radical (unpaired) electrons. The van der Waals surface area contributed by atoms with Crippen LogP contribution in [0.4, 0.5) is 5.69 Å². The molecule has 3 aromatic rings. The van der Waals surface area contributed by atoms with Crippen molar-refractivity contribution in [3.8, 4) is 11.5 Å². The topological polar surface area (TPSA) is 97.3 Å². The normalized spacial score (nSPS) is 12.7. The second-order valence-electron chi connectivity index (χ2n) is 7.67. The Bertz CT molecular complexity index is 1360. The van der Waals surface area contributed by atoms with Crippen LogP contribution in [0.25, 0.3) is 0 Å². The quantitative estimate of drug-likeness (QED) is 0.355. The van der Waals surface area contributed by atoms with E-state index < -0.39 is 15.9 Å². The number of nitrogens with one attached hydrogen (secondary N) is 1. The van der Waals surface area contributed by atoms with Crippen molar-refractivity contribution in [3.63, 3.8) is 0 Å². The molecule has 1 aliphatic heterocycles. The average molecular weight is 544 g/mol. The van der Waals surface area contributed by atoms with Gasteiger partial charge >= 0.3 is 0 Å². The van der Waals surface area contributed by atoms with Crippen molar-refractivity contribution < 1.29 is 22.7 Å². The largest absolute Gasteiger partial charge is 0.454 e. The maximum Gasteiger partial charge on any atom is 0.271 e. The number of carbonyl (C=O) groups excluding carboxylic acids is 1. The van der Waals surface area contributed by atoms with Gasteiger partial charge in [0.1, 0.15) is 0 Å². The minimum absolute atomic E-state index is 0.164. The number of amides is 1. The molecule has 3 aromatic carbocycles. The van der Waals surface area contributed by atoms with E-state index in [0.29, 0.717) is 28.3 Å². The Hall–Kier alpha value is -3.37. The predicted octanol–water partition coefficient (Wildman–Crippen LogP) is 4.22. The second-order valence-corrected chi connectivity index (χ2v) is 10.4. The average Bonchev–Trinajstić information content (AvgIpc) is 3.25. The Kier molecular flexibility index (Phi) is 6.90. The summed E-state index contributed by atoms with van der Waals surface area (Å²) in [6.45, 7) is 2.30. The zero-order valence-corrected chi connectivity index (χ0v) is 20.9. The van der Waals surface area contributed by atoms with Crippen LogP contribution in [0.3, 0.4) is 0 Å². The highest BCUT2D eigenvalue weighted by molar-refractivity contribution is 9.10.